The van der Waals surface area contributed by atoms with Crippen molar-refractivity contribution in [3.63, 3.8) is 0 Å². The molecule has 2 aromatic heterocycles. The third kappa shape index (κ3) is 2.84. The zero-order chi connectivity index (χ0) is 13.2. The van der Waals surface area contributed by atoms with Crippen LogP contribution in [0.25, 0.3) is 11.6 Å². The Labute approximate surface area is 112 Å². The van der Waals surface area contributed by atoms with Gasteiger partial charge in [-0.2, -0.15) is 4.98 Å². The summed E-state index contributed by atoms with van der Waals surface area (Å²) in [5.41, 5.74) is 0.997. The molecule has 0 amide bonds. The Kier molecular flexibility index (Phi) is 3.33. The molecule has 102 valence electrons. The maximum absolute atomic E-state index is 5.32. The highest BCUT2D eigenvalue weighted by molar-refractivity contribution is 5.41. The van der Waals surface area contributed by atoms with Crippen molar-refractivity contribution in [1.82, 2.24) is 25.0 Å². The molecule has 1 fully saturated rings. The maximum Gasteiger partial charge on any atom is 0.238 e. The van der Waals surface area contributed by atoms with Gasteiger partial charge in [-0.25, -0.2) is 4.98 Å². The molecule has 19 heavy (non-hydrogen) atoms. The summed E-state index contributed by atoms with van der Waals surface area (Å²) < 4.78 is 5.32. The van der Waals surface area contributed by atoms with Gasteiger partial charge in [0.15, 0.2) is 5.82 Å². The largest absolute Gasteiger partial charge is 0.339 e. The summed E-state index contributed by atoms with van der Waals surface area (Å²) in [5, 5.41) is 3.99. The average Bonchev–Trinajstić information content (AvgIpc) is 3.01. The van der Waals surface area contributed by atoms with Crippen LogP contribution >= 0.6 is 0 Å². The predicted molar refractivity (Wildman–Crippen MR) is 70.5 cm³/mol. The van der Waals surface area contributed by atoms with E-state index >= 15 is 0 Å². The van der Waals surface area contributed by atoms with Gasteiger partial charge in [0.05, 0.1) is 0 Å². The van der Waals surface area contributed by atoms with Gasteiger partial charge in [-0.05, 0) is 45.8 Å². The van der Waals surface area contributed by atoms with Gasteiger partial charge in [0.25, 0.3) is 0 Å². The number of nitrogens with one attached hydrogen (secondary N) is 1. The molecule has 0 spiro atoms. The fraction of sp³-hybridized carbons (Fsp3) is 0.615. The van der Waals surface area contributed by atoms with E-state index in [-0.39, 0.29) is 0 Å². The number of aromatic nitrogens is 4. The number of H-pyrrole nitrogens is 1. The number of hydrogen-bond acceptors (Lipinski definition) is 5. The number of hydrogen-bond donors (Lipinski definition) is 1. The highest BCUT2D eigenvalue weighted by atomic mass is 16.5. The van der Waals surface area contributed by atoms with E-state index in [0.29, 0.717) is 17.6 Å². The number of imidazole rings is 1. The lowest BCUT2D eigenvalue weighted by atomic mass is 9.94. The highest BCUT2D eigenvalue weighted by Gasteiger charge is 2.20. The van der Waals surface area contributed by atoms with Crippen LogP contribution in [0.3, 0.4) is 0 Å². The lowest BCUT2D eigenvalue weighted by molar-refractivity contribution is 0.208. The summed E-state index contributed by atoms with van der Waals surface area (Å²) in [6.07, 6.45) is 5.05. The molecule has 1 N–H and O–H groups in total. The average molecular weight is 261 g/mol. The molecule has 6 heteroatoms. The first-order valence-corrected chi connectivity index (χ1v) is 6.74. The van der Waals surface area contributed by atoms with E-state index in [9.17, 15) is 0 Å². The molecular weight excluding hydrogens is 242 g/mol. The molecule has 0 atom stereocenters. The minimum atomic E-state index is 0.552. The van der Waals surface area contributed by atoms with Crippen LogP contribution in [-0.2, 0) is 6.42 Å². The first-order chi connectivity index (χ1) is 9.20. The summed E-state index contributed by atoms with van der Waals surface area (Å²) >= 11 is 0. The first kappa shape index (κ1) is 12.3. The van der Waals surface area contributed by atoms with E-state index in [1.165, 1.54) is 12.8 Å². The molecule has 1 saturated heterocycles. The Morgan fingerprint density at radius 3 is 2.89 bits per heavy atom. The number of rotatable bonds is 3. The first-order valence-electron chi connectivity index (χ1n) is 6.74. The SMILES string of the molecule is Cc1cnc(-c2noc(CC3CCN(C)CC3)n2)[nH]1. The standard InChI is InChI=1S/C13H19N5O/c1-9-8-14-12(15-9)13-16-11(19-17-13)7-10-3-5-18(2)6-4-10/h8,10H,3-7H2,1-2H3,(H,14,15). The molecule has 0 aromatic carbocycles. The van der Waals surface area contributed by atoms with Gasteiger partial charge >= 0.3 is 0 Å². The van der Waals surface area contributed by atoms with Crippen LogP contribution < -0.4 is 0 Å². The number of likely N-dealkylation sites (tertiary alicyclic amines) is 1. The summed E-state index contributed by atoms with van der Waals surface area (Å²) in [6.45, 7) is 4.27. The minimum absolute atomic E-state index is 0.552. The van der Waals surface area contributed by atoms with E-state index in [1.807, 2.05) is 6.92 Å². The normalized spacial score (nSPS) is 18.0. The van der Waals surface area contributed by atoms with Gasteiger partial charge in [-0.15, -0.1) is 0 Å². The Balaban J connectivity index is 1.65. The molecule has 0 bridgehead atoms. The van der Waals surface area contributed by atoms with Crippen molar-refractivity contribution in [2.24, 2.45) is 5.92 Å². The smallest absolute Gasteiger partial charge is 0.238 e. The number of piperidine rings is 1. The Morgan fingerprint density at radius 1 is 1.42 bits per heavy atom. The second kappa shape index (κ2) is 5.13. The van der Waals surface area contributed by atoms with Crippen LogP contribution in [0, 0.1) is 12.8 Å². The quantitative estimate of drug-likeness (QED) is 0.909. The van der Waals surface area contributed by atoms with Gasteiger partial charge in [0.2, 0.25) is 11.7 Å². The number of aromatic amines is 1. The molecule has 6 nitrogen and oxygen atoms in total. The predicted octanol–water partition coefficient (Wildman–Crippen LogP) is 1.65. The summed E-state index contributed by atoms with van der Waals surface area (Å²) in [7, 11) is 2.17. The van der Waals surface area contributed by atoms with Gasteiger partial charge in [-0.1, -0.05) is 5.16 Å². The minimum Gasteiger partial charge on any atom is -0.339 e. The van der Waals surface area contributed by atoms with E-state index in [0.717, 1.165) is 31.1 Å². The van der Waals surface area contributed by atoms with Crippen molar-refractivity contribution in [1.29, 1.82) is 0 Å². The van der Waals surface area contributed by atoms with Crippen molar-refractivity contribution in [3.8, 4) is 11.6 Å². The van der Waals surface area contributed by atoms with Gasteiger partial charge in [0.1, 0.15) is 0 Å². The van der Waals surface area contributed by atoms with Gasteiger partial charge < -0.3 is 14.4 Å². The Morgan fingerprint density at radius 2 is 2.21 bits per heavy atom. The van der Waals surface area contributed by atoms with Gasteiger partial charge in [0, 0.05) is 18.3 Å². The van der Waals surface area contributed by atoms with Crippen molar-refractivity contribution in [2.75, 3.05) is 20.1 Å². The maximum atomic E-state index is 5.32. The molecule has 3 heterocycles. The summed E-state index contributed by atoms with van der Waals surface area (Å²) in [6, 6.07) is 0. The third-order valence-electron chi connectivity index (χ3n) is 3.68. The van der Waals surface area contributed by atoms with Crippen LogP contribution in [0.5, 0.6) is 0 Å². The zero-order valence-corrected chi connectivity index (χ0v) is 11.4. The van der Waals surface area contributed by atoms with Crippen molar-refractivity contribution < 1.29 is 4.52 Å². The summed E-state index contributed by atoms with van der Waals surface area (Å²) in [5.74, 6) is 2.60. The molecule has 0 unspecified atom stereocenters. The van der Waals surface area contributed by atoms with Crippen LogP contribution in [0.1, 0.15) is 24.4 Å². The highest BCUT2D eigenvalue weighted by Crippen LogP contribution is 2.21. The molecule has 1 aliphatic rings. The number of aryl methyl sites for hydroxylation is 1. The second-order valence-electron chi connectivity index (χ2n) is 5.38. The molecule has 0 aliphatic carbocycles. The van der Waals surface area contributed by atoms with E-state index < -0.39 is 0 Å². The topological polar surface area (TPSA) is 70.8 Å². The van der Waals surface area contributed by atoms with Crippen molar-refractivity contribution >= 4 is 0 Å². The van der Waals surface area contributed by atoms with Crippen LogP contribution in [0.2, 0.25) is 0 Å². The zero-order valence-electron chi connectivity index (χ0n) is 11.4. The molecule has 3 rings (SSSR count). The lowest BCUT2D eigenvalue weighted by Crippen LogP contribution is -2.30. The summed E-state index contributed by atoms with van der Waals surface area (Å²) in [4.78, 5) is 14.1. The third-order valence-corrected chi connectivity index (χ3v) is 3.68. The Hall–Kier alpha value is -1.69. The van der Waals surface area contributed by atoms with E-state index in [4.69, 9.17) is 4.52 Å². The molecular formula is C13H19N5O. The van der Waals surface area contributed by atoms with Crippen molar-refractivity contribution in [3.05, 3.63) is 17.8 Å². The van der Waals surface area contributed by atoms with Crippen LogP contribution in [0.15, 0.2) is 10.7 Å². The molecule has 0 radical (unpaired) electrons. The molecule has 0 saturated carbocycles. The van der Waals surface area contributed by atoms with Crippen molar-refractivity contribution in [2.45, 2.75) is 26.2 Å². The second-order valence-corrected chi connectivity index (χ2v) is 5.38. The van der Waals surface area contributed by atoms with Gasteiger partial charge in [-0.3, -0.25) is 0 Å². The molecule has 2 aromatic rings. The fourth-order valence-corrected chi connectivity index (χ4v) is 2.47. The Bertz CT molecular complexity index is 539. The van der Waals surface area contributed by atoms with E-state index in [2.05, 4.69) is 32.1 Å². The van der Waals surface area contributed by atoms with Crippen LogP contribution in [0.4, 0.5) is 0 Å². The molecule has 1 aliphatic heterocycles. The van der Waals surface area contributed by atoms with Crippen LogP contribution in [-0.4, -0.2) is 45.1 Å². The lowest BCUT2D eigenvalue weighted by Gasteiger charge is -2.27. The number of nitrogens with zero attached hydrogens (tertiary/aromatic N) is 4. The van der Waals surface area contributed by atoms with E-state index in [1.54, 1.807) is 6.20 Å². The fourth-order valence-electron chi connectivity index (χ4n) is 2.47. The monoisotopic (exact) mass is 261 g/mol.